The zero-order valence-electron chi connectivity index (χ0n) is 10.7. The molecule has 0 aliphatic heterocycles. The van der Waals surface area contributed by atoms with Crippen molar-refractivity contribution in [3.8, 4) is 5.69 Å². The number of benzene rings is 1. The molecule has 0 atom stereocenters. The summed E-state index contributed by atoms with van der Waals surface area (Å²) < 4.78 is 6.26. The molecule has 100 valence electrons. The molecule has 0 bridgehead atoms. The molecule has 1 aromatic carbocycles. The summed E-state index contributed by atoms with van der Waals surface area (Å²) in [4.78, 5) is 26.4. The Bertz CT molecular complexity index is 834. The molecule has 20 heavy (non-hydrogen) atoms. The highest BCUT2D eigenvalue weighted by molar-refractivity contribution is 5.91. The van der Waals surface area contributed by atoms with Crippen LogP contribution in [0.1, 0.15) is 10.5 Å². The molecule has 0 fully saturated rings. The highest BCUT2D eigenvalue weighted by atomic mass is 16.5. The van der Waals surface area contributed by atoms with Gasteiger partial charge in [-0.3, -0.25) is 4.79 Å². The molecule has 0 aliphatic rings. The number of carbonyl (C=O) groups excluding carboxylic acids is 1. The number of aromatic nitrogens is 3. The minimum atomic E-state index is -0.569. The van der Waals surface area contributed by atoms with Crippen LogP contribution >= 0.6 is 0 Å². The highest BCUT2D eigenvalue weighted by Gasteiger charge is 2.10. The quantitative estimate of drug-likeness (QED) is 0.715. The lowest BCUT2D eigenvalue weighted by Gasteiger charge is -2.05. The molecule has 0 radical (unpaired) electrons. The van der Waals surface area contributed by atoms with E-state index in [1.54, 1.807) is 35.3 Å². The molecule has 6 heteroatoms. The van der Waals surface area contributed by atoms with E-state index in [0.717, 1.165) is 5.69 Å². The molecule has 2 aromatic heterocycles. The third-order valence-corrected chi connectivity index (χ3v) is 2.99. The zero-order chi connectivity index (χ0) is 14.1. The average Bonchev–Trinajstić information content (AvgIpc) is 3.00. The van der Waals surface area contributed by atoms with Gasteiger partial charge in [-0.1, -0.05) is 0 Å². The summed E-state index contributed by atoms with van der Waals surface area (Å²) in [6, 6.07) is 8.31. The Morgan fingerprint density at radius 2 is 2.20 bits per heavy atom. The van der Waals surface area contributed by atoms with Gasteiger partial charge in [0, 0.05) is 23.8 Å². The molecule has 0 saturated carbocycles. The van der Waals surface area contributed by atoms with E-state index in [-0.39, 0.29) is 11.1 Å². The van der Waals surface area contributed by atoms with E-state index in [1.165, 1.54) is 13.2 Å². The number of aromatic amines is 1. The number of H-pyrrole nitrogens is 1. The van der Waals surface area contributed by atoms with Crippen LogP contribution in [0.5, 0.6) is 0 Å². The Kier molecular flexibility index (Phi) is 2.83. The number of hydrogen-bond acceptors (Lipinski definition) is 4. The Hall–Kier alpha value is -2.89. The van der Waals surface area contributed by atoms with Gasteiger partial charge in [0.2, 0.25) is 0 Å². The average molecular weight is 269 g/mol. The number of hydrogen-bond donors (Lipinski definition) is 1. The molecular formula is C14H11N3O3. The number of methoxy groups -OCH3 is 1. The summed E-state index contributed by atoms with van der Waals surface area (Å²) in [5.41, 5.74) is 1.25. The van der Waals surface area contributed by atoms with Crippen LogP contribution in [0.2, 0.25) is 0 Å². The van der Waals surface area contributed by atoms with Gasteiger partial charge in [-0.05, 0) is 24.3 Å². The minimum Gasteiger partial charge on any atom is -0.464 e. The fourth-order valence-electron chi connectivity index (χ4n) is 2.02. The third-order valence-electron chi connectivity index (χ3n) is 2.99. The van der Waals surface area contributed by atoms with Gasteiger partial charge in [0.1, 0.15) is 5.69 Å². The van der Waals surface area contributed by atoms with Gasteiger partial charge in [-0.25, -0.2) is 9.48 Å². The third kappa shape index (κ3) is 1.97. The lowest BCUT2D eigenvalue weighted by molar-refractivity contribution is 0.0594. The van der Waals surface area contributed by atoms with Crippen LogP contribution in [0.15, 0.2) is 47.5 Å². The monoisotopic (exact) mass is 269 g/mol. The summed E-state index contributed by atoms with van der Waals surface area (Å²) in [6.07, 6.45) is 3.45. The van der Waals surface area contributed by atoms with Gasteiger partial charge in [0.25, 0.3) is 0 Å². The molecule has 0 saturated heterocycles. The SMILES string of the molecule is COC(=O)c1cc(=O)c2cc(-n3cccn3)ccc2[nH]1. The molecule has 3 aromatic rings. The first kappa shape index (κ1) is 12.2. The van der Waals surface area contributed by atoms with E-state index in [0.29, 0.717) is 10.9 Å². The number of nitrogens with zero attached hydrogens (tertiary/aromatic N) is 2. The number of esters is 1. The van der Waals surface area contributed by atoms with Gasteiger partial charge >= 0.3 is 5.97 Å². The van der Waals surface area contributed by atoms with Crippen LogP contribution in [0.4, 0.5) is 0 Å². The first-order valence-electron chi connectivity index (χ1n) is 5.94. The molecule has 2 heterocycles. The largest absolute Gasteiger partial charge is 0.464 e. The van der Waals surface area contributed by atoms with Crippen molar-refractivity contribution in [2.24, 2.45) is 0 Å². The summed E-state index contributed by atoms with van der Waals surface area (Å²) >= 11 is 0. The Balaban J connectivity index is 2.19. The molecule has 1 N–H and O–H groups in total. The number of rotatable bonds is 2. The lowest BCUT2D eigenvalue weighted by Crippen LogP contribution is -2.11. The number of fused-ring (bicyclic) bond motifs is 1. The number of nitrogens with one attached hydrogen (secondary N) is 1. The van der Waals surface area contributed by atoms with Crippen molar-refractivity contribution in [2.45, 2.75) is 0 Å². The zero-order valence-corrected chi connectivity index (χ0v) is 10.7. The summed E-state index contributed by atoms with van der Waals surface area (Å²) in [5, 5.41) is 4.60. The Morgan fingerprint density at radius 3 is 2.90 bits per heavy atom. The molecule has 0 amide bonds. The predicted molar refractivity (Wildman–Crippen MR) is 73.0 cm³/mol. The van der Waals surface area contributed by atoms with E-state index >= 15 is 0 Å². The van der Waals surface area contributed by atoms with Crippen molar-refractivity contribution in [1.82, 2.24) is 14.8 Å². The second kappa shape index (κ2) is 4.65. The smallest absolute Gasteiger partial charge is 0.354 e. The van der Waals surface area contributed by atoms with Gasteiger partial charge in [-0.2, -0.15) is 5.10 Å². The maximum atomic E-state index is 12.1. The maximum Gasteiger partial charge on any atom is 0.354 e. The normalized spacial score (nSPS) is 10.7. The molecule has 6 nitrogen and oxygen atoms in total. The second-order valence-electron chi connectivity index (χ2n) is 4.22. The number of ether oxygens (including phenoxy) is 1. The first-order valence-corrected chi connectivity index (χ1v) is 5.94. The second-order valence-corrected chi connectivity index (χ2v) is 4.22. The summed E-state index contributed by atoms with van der Waals surface area (Å²) in [7, 11) is 1.27. The molecule has 0 aliphatic carbocycles. The number of carbonyl (C=O) groups is 1. The standard InChI is InChI=1S/C14H11N3O3/c1-20-14(19)12-8-13(18)10-7-9(3-4-11(10)16-12)17-6-2-5-15-17/h2-8H,1H3,(H,16,18). The van der Waals surface area contributed by atoms with Crippen LogP contribution in [0, 0.1) is 0 Å². The van der Waals surface area contributed by atoms with Crippen LogP contribution in [-0.2, 0) is 4.74 Å². The van der Waals surface area contributed by atoms with Crippen molar-refractivity contribution in [2.75, 3.05) is 7.11 Å². The van der Waals surface area contributed by atoms with Crippen molar-refractivity contribution < 1.29 is 9.53 Å². The summed E-state index contributed by atoms with van der Waals surface area (Å²) in [6.45, 7) is 0. The minimum absolute atomic E-state index is 0.136. The fraction of sp³-hybridized carbons (Fsp3) is 0.0714. The summed E-state index contributed by atoms with van der Waals surface area (Å²) in [5.74, 6) is -0.569. The molecule has 3 rings (SSSR count). The molecular weight excluding hydrogens is 258 g/mol. The van der Waals surface area contributed by atoms with E-state index in [4.69, 9.17) is 0 Å². The number of pyridine rings is 1. The maximum absolute atomic E-state index is 12.1. The van der Waals surface area contributed by atoms with Gasteiger partial charge in [0.05, 0.1) is 18.3 Å². The molecule has 0 spiro atoms. The van der Waals surface area contributed by atoms with Crippen molar-refractivity contribution >= 4 is 16.9 Å². The van der Waals surface area contributed by atoms with Crippen LogP contribution in [-0.4, -0.2) is 27.8 Å². The van der Waals surface area contributed by atoms with Crippen LogP contribution in [0.25, 0.3) is 16.6 Å². The van der Waals surface area contributed by atoms with E-state index in [9.17, 15) is 9.59 Å². The lowest BCUT2D eigenvalue weighted by atomic mass is 10.1. The van der Waals surface area contributed by atoms with Crippen molar-refractivity contribution in [3.05, 3.63) is 58.6 Å². The topological polar surface area (TPSA) is 77.0 Å². The van der Waals surface area contributed by atoms with Gasteiger partial charge < -0.3 is 9.72 Å². The first-order chi connectivity index (χ1) is 9.69. The van der Waals surface area contributed by atoms with E-state index < -0.39 is 5.97 Å². The predicted octanol–water partition coefficient (Wildman–Crippen LogP) is 1.50. The van der Waals surface area contributed by atoms with Crippen molar-refractivity contribution in [1.29, 1.82) is 0 Å². The molecule has 0 unspecified atom stereocenters. The van der Waals surface area contributed by atoms with Crippen LogP contribution < -0.4 is 5.43 Å². The van der Waals surface area contributed by atoms with Crippen molar-refractivity contribution in [3.63, 3.8) is 0 Å². The van der Waals surface area contributed by atoms with Crippen LogP contribution in [0.3, 0.4) is 0 Å². The fourth-order valence-corrected chi connectivity index (χ4v) is 2.02. The van der Waals surface area contributed by atoms with E-state index in [1.807, 2.05) is 6.07 Å². The van der Waals surface area contributed by atoms with Gasteiger partial charge in [-0.15, -0.1) is 0 Å². The van der Waals surface area contributed by atoms with E-state index in [2.05, 4.69) is 14.8 Å². The van der Waals surface area contributed by atoms with Gasteiger partial charge in [0.15, 0.2) is 5.43 Å². The highest BCUT2D eigenvalue weighted by Crippen LogP contribution is 2.14. The Morgan fingerprint density at radius 1 is 1.35 bits per heavy atom. The Labute approximate surface area is 113 Å².